The Hall–Kier alpha value is -2.73. The van der Waals surface area contributed by atoms with Crippen LogP contribution in [0.15, 0.2) is 48.7 Å². The van der Waals surface area contributed by atoms with E-state index in [1.807, 2.05) is 18.2 Å². The van der Waals surface area contributed by atoms with Crippen LogP contribution in [-0.4, -0.2) is 15.9 Å². The molecular weight excluding hydrogens is 332 g/mol. The second kappa shape index (κ2) is 6.64. The first-order chi connectivity index (χ1) is 12.2. The zero-order valence-electron chi connectivity index (χ0n) is 13.6. The third-order valence-electron chi connectivity index (χ3n) is 4.43. The van der Waals surface area contributed by atoms with Crippen LogP contribution in [0.5, 0.6) is 0 Å². The van der Waals surface area contributed by atoms with Crippen molar-refractivity contribution in [2.75, 3.05) is 5.73 Å². The predicted molar refractivity (Wildman–Crippen MR) is 99.3 cm³/mol. The number of carbonyl (C=O) groups excluding carboxylic acids is 1. The van der Waals surface area contributed by atoms with E-state index in [0.717, 1.165) is 29.8 Å². The van der Waals surface area contributed by atoms with Gasteiger partial charge in [-0.15, -0.1) is 11.3 Å². The SMILES string of the molecule is Nc1nccc(-c2ccc(C(=O)N[C@H]3CCCc4ccccc43)s2)n1. The zero-order valence-corrected chi connectivity index (χ0v) is 14.4. The maximum Gasteiger partial charge on any atom is 0.261 e. The van der Waals surface area contributed by atoms with Crippen LogP contribution in [-0.2, 0) is 6.42 Å². The Morgan fingerprint density at radius 1 is 1.20 bits per heavy atom. The molecule has 4 rings (SSSR count). The standard InChI is InChI=1S/C19H18N4OS/c20-19-21-11-10-15(23-19)16-8-9-17(25-16)18(24)22-14-7-3-5-12-4-1-2-6-13(12)14/h1-2,4,6,8-11,14H,3,5,7H2,(H,22,24)(H2,20,21,23)/t14-/m0/s1. The lowest BCUT2D eigenvalue weighted by Crippen LogP contribution is -2.30. The summed E-state index contributed by atoms with van der Waals surface area (Å²) in [6, 6.07) is 14.0. The van der Waals surface area contributed by atoms with Crippen LogP contribution in [0.1, 0.15) is 39.7 Å². The maximum absolute atomic E-state index is 12.7. The van der Waals surface area contributed by atoms with E-state index in [-0.39, 0.29) is 17.9 Å². The zero-order chi connectivity index (χ0) is 17.2. The molecule has 0 spiro atoms. The second-order valence-electron chi connectivity index (χ2n) is 6.08. The van der Waals surface area contributed by atoms with E-state index < -0.39 is 0 Å². The number of rotatable bonds is 3. The molecule has 5 nitrogen and oxygen atoms in total. The van der Waals surface area contributed by atoms with E-state index in [9.17, 15) is 4.79 Å². The van der Waals surface area contributed by atoms with E-state index in [4.69, 9.17) is 5.73 Å². The summed E-state index contributed by atoms with van der Waals surface area (Å²) in [5, 5.41) is 3.18. The Bertz CT molecular complexity index is 921. The van der Waals surface area contributed by atoms with Crippen molar-refractivity contribution in [1.82, 2.24) is 15.3 Å². The fourth-order valence-corrected chi connectivity index (χ4v) is 4.12. The van der Waals surface area contributed by atoms with Crippen molar-refractivity contribution in [2.45, 2.75) is 25.3 Å². The van der Waals surface area contributed by atoms with Crippen LogP contribution < -0.4 is 11.1 Å². The van der Waals surface area contributed by atoms with Crippen molar-refractivity contribution >= 4 is 23.2 Å². The number of fused-ring (bicyclic) bond motifs is 1. The molecule has 0 saturated heterocycles. The third kappa shape index (κ3) is 3.25. The fraction of sp³-hybridized carbons (Fsp3) is 0.211. The van der Waals surface area contributed by atoms with Gasteiger partial charge in [0.1, 0.15) is 0 Å². The fourth-order valence-electron chi connectivity index (χ4n) is 3.24. The van der Waals surface area contributed by atoms with Gasteiger partial charge in [-0.3, -0.25) is 4.79 Å². The Morgan fingerprint density at radius 3 is 2.96 bits per heavy atom. The number of thiophene rings is 1. The molecule has 0 radical (unpaired) electrons. The summed E-state index contributed by atoms with van der Waals surface area (Å²) in [6.45, 7) is 0. The largest absolute Gasteiger partial charge is 0.368 e. The highest BCUT2D eigenvalue weighted by atomic mass is 32.1. The van der Waals surface area contributed by atoms with Crippen molar-refractivity contribution in [1.29, 1.82) is 0 Å². The highest BCUT2D eigenvalue weighted by molar-refractivity contribution is 7.17. The number of aryl methyl sites for hydroxylation is 1. The van der Waals surface area contributed by atoms with Crippen LogP contribution in [0.3, 0.4) is 0 Å². The summed E-state index contributed by atoms with van der Waals surface area (Å²) in [4.78, 5) is 22.4. The molecule has 1 aliphatic carbocycles. The molecule has 1 amide bonds. The molecule has 3 aromatic rings. The molecule has 6 heteroatoms. The van der Waals surface area contributed by atoms with Gasteiger partial charge in [-0.05, 0) is 48.6 Å². The molecule has 2 heterocycles. The Labute approximate surface area is 149 Å². The minimum atomic E-state index is -0.0417. The quantitative estimate of drug-likeness (QED) is 0.756. The number of nitrogen functional groups attached to an aromatic ring is 1. The van der Waals surface area contributed by atoms with Crippen molar-refractivity contribution in [3.05, 3.63) is 64.7 Å². The van der Waals surface area contributed by atoms with E-state index in [2.05, 4.69) is 33.5 Å². The van der Waals surface area contributed by atoms with Gasteiger partial charge in [0.25, 0.3) is 5.91 Å². The molecule has 1 aliphatic rings. The van der Waals surface area contributed by atoms with Gasteiger partial charge in [0, 0.05) is 6.20 Å². The molecule has 0 saturated carbocycles. The highest BCUT2D eigenvalue weighted by Gasteiger charge is 2.22. The van der Waals surface area contributed by atoms with Gasteiger partial charge in [0.05, 0.1) is 21.5 Å². The van der Waals surface area contributed by atoms with Gasteiger partial charge < -0.3 is 11.1 Å². The van der Waals surface area contributed by atoms with Crippen LogP contribution in [0.4, 0.5) is 5.95 Å². The minimum absolute atomic E-state index is 0.0417. The smallest absolute Gasteiger partial charge is 0.261 e. The average Bonchev–Trinajstić information content (AvgIpc) is 3.12. The molecule has 25 heavy (non-hydrogen) atoms. The molecule has 126 valence electrons. The molecular formula is C19H18N4OS. The second-order valence-corrected chi connectivity index (χ2v) is 7.16. The lowest BCUT2D eigenvalue weighted by atomic mass is 9.88. The van der Waals surface area contributed by atoms with E-state index >= 15 is 0 Å². The normalized spacial score (nSPS) is 16.2. The van der Waals surface area contributed by atoms with E-state index in [1.165, 1.54) is 22.5 Å². The number of nitrogens with two attached hydrogens (primary N) is 1. The third-order valence-corrected chi connectivity index (χ3v) is 5.54. The average molecular weight is 350 g/mol. The molecule has 1 atom stereocenters. The first kappa shape index (κ1) is 15.8. The van der Waals surface area contributed by atoms with E-state index in [0.29, 0.717) is 4.88 Å². The number of nitrogens with zero attached hydrogens (tertiary/aromatic N) is 2. The van der Waals surface area contributed by atoms with Crippen molar-refractivity contribution in [3.8, 4) is 10.6 Å². The maximum atomic E-state index is 12.7. The van der Waals surface area contributed by atoms with Crippen molar-refractivity contribution < 1.29 is 4.79 Å². The van der Waals surface area contributed by atoms with Crippen LogP contribution in [0.25, 0.3) is 10.6 Å². The van der Waals surface area contributed by atoms with Crippen LogP contribution in [0.2, 0.25) is 0 Å². The van der Waals surface area contributed by atoms with Crippen molar-refractivity contribution in [3.63, 3.8) is 0 Å². The van der Waals surface area contributed by atoms with Crippen molar-refractivity contribution in [2.24, 2.45) is 0 Å². The Balaban J connectivity index is 1.53. The number of anilines is 1. The molecule has 0 fully saturated rings. The van der Waals surface area contributed by atoms with Gasteiger partial charge in [-0.25, -0.2) is 9.97 Å². The first-order valence-corrected chi connectivity index (χ1v) is 9.10. The van der Waals surface area contributed by atoms with Gasteiger partial charge in [0.2, 0.25) is 5.95 Å². The molecule has 0 bridgehead atoms. The number of amides is 1. The number of hydrogen-bond acceptors (Lipinski definition) is 5. The minimum Gasteiger partial charge on any atom is -0.368 e. The lowest BCUT2D eigenvalue weighted by molar-refractivity contribution is 0.0937. The lowest BCUT2D eigenvalue weighted by Gasteiger charge is -2.26. The summed E-state index contributed by atoms with van der Waals surface area (Å²) in [5.41, 5.74) is 8.94. The van der Waals surface area contributed by atoms with Gasteiger partial charge in [0.15, 0.2) is 0 Å². The van der Waals surface area contributed by atoms with Gasteiger partial charge in [-0.1, -0.05) is 24.3 Å². The first-order valence-electron chi connectivity index (χ1n) is 8.28. The van der Waals surface area contributed by atoms with Crippen LogP contribution >= 0.6 is 11.3 Å². The summed E-state index contributed by atoms with van der Waals surface area (Å²) < 4.78 is 0. The highest BCUT2D eigenvalue weighted by Crippen LogP contribution is 2.31. The molecule has 0 unspecified atom stereocenters. The predicted octanol–water partition coefficient (Wildman–Crippen LogP) is 3.59. The van der Waals surface area contributed by atoms with E-state index in [1.54, 1.807) is 12.3 Å². The molecule has 1 aromatic carbocycles. The Morgan fingerprint density at radius 2 is 2.08 bits per heavy atom. The molecule has 3 N–H and O–H groups in total. The summed E-state index contributed by atoms with van der Waals surface area (Å²) >= 11 is 1.41. The monoisotopic (exact) mass is 350 g/mol. The topological polar surface area (TPSA) is 80.9 Å². The number of benzene rings is 1. The number of nitrogens with one attached hydrogen (secondary N) is 1. The summed E-state index contributed by atoms with van der Waals surface area (Å²) in [5.74, 6) is 0.190. The van der Waals surface area contributed by atoms with Gasteiger partial charge in [-0.2, -0.15) is 0 Å². The Kier molecular flexibility index (Phi) is 4.19. The molecule has 0 aliphatic heterocycles. The number of hydrogen-bond donors (Lipinski definition) is 2. The number of aromatic nitrogens is 2. The molecule has 2 aromatic heterocycles. The summed E-state index contributed by atoms with van der Waals surface area (Å²) in [6.07, 6.45) is 4.78. The summed E-state index contributed by atoms with van der Waals surface area (Å²) in [7, 11) is 0. The number of carbonyl (C=O) groups is 1. The van der Waals surface area contributed by atoms with Gasteiger partial charge >= 0.3 is 0 Å². The van der Waals surface area contributed by atoms with Crippen LogP contribution in [0, 0.1) is 0 Å².